The zero-order chi connectivity index (χ0) is 21.6. The zero-order valence-electron chi connectivity index (χ0n) is 17.4. The largest absolute Gasteiger partial charge is 0.274 e. The van der Waals surface area contributed by atoms with Crippen LogP contribution in [0.15, 0.2) is 48.5 Å². The molecular weight excluding hydrogens is 416 g/mol. The predicted octanol–water partition coefficient (Wildman–Crippen LogP) is 4.90. The molecule has 2 heterocycles. The second-order valence-corrected chi connectivity index (χ2v) is 10.4. The highest BCUT2D eigenvalue weighted by Gasteiger charge is 2.62. The lowest BCUT2D eigenvalue weighted by Gasteiger charge is -2.45. The van der Waals surface area contributed by atoms with E-state index in [1.54, 1.807) is 0 Å². The fourth-order valence-electron chi connectivity index (χ4n) is 6.70. The Hall–Kier alpha value is -3.23. The van der Waals surface area contributed by atoms with Gasteiger partial charge in [-0.25, -0.2) is 4.90 Å². The predicted molar refractivity (Wildman–Crippen MR) is 122 cm³/mol. The van der Waals surface area contributed by atoms with Crippen LogP contribution in [0.25, 0.3) is 0 Å². The Balaban J connectivity index is 1.43. The van der Waals surface area contributed by atoms with Gasteiger partial charge in [-0.3, -0.25) is 9.59 Å². The quantitative estimate of drug-likeness (QED) is 0.510. The number of hydrogen-bond donors (Lipinski definition) is 0. The summed E-state index contributed by atoms with van der Waals surface area (Å²) in [5.41, 5.74) is 6.30. The highest BCUT2D eigenvalue weighted by Crippen LogP contribution is 2.61. The Morgan fingerprint density at radius 2 is 1.31 bits per heavy atom. The summed E-state index contributed by atoms with van der Waals surface area (Å²) in [6.07, 6.45) is 3.94. The van der Waals surface area contributed by atoms with E-state index in [1.165, 1.54) is 43.4 Å². The average molecular weight is 437 g/mol. The number of aryl methyl sites for hydroxylation is 1. The average Bonchev–Trinajstić information content (AvgIpc) is 3.33. The summed E-state index contributed by atoms with van der Waals surface area (Å²) < 4.78 is 0. The molecule has 2 aromatic carbocycles. The number of nitriles is 1. The van der Waals surface area contributed by atoms with E-state index in [4.69, 9.17) is 0 Å². The van der Waals surface area contributed by atoms with Crippen molar-refractivity contribution in [1.82, 2.24) is 0 Å². The molecule has 0 saturated carbocycles. The van der Waals surface area contributed by atoms with Crippen LogP contribution < -0.4 is 4.90 Å². The third-order valence-corrected chi connectivity index (χ3v) is 9.19. The Kier molecular flexibility index (Phi) is 3.67. The molecule has 0 unspecified atom stereocenters. The Morgan fingerprint density at radius 1 is 0.812 bits per heavy atom. The van der Waals surface area contributed by atoms with Gasteiger partial charge in [0, 0.05) is 16.7 Å². The van der Waals surface area contributed by atoms with E-state index in [0.29, 0.717) is 10.6 Å². The first-order valence-corrected chi connectivity index (χ1v) is 12.1. The van der Waals surface area contributed by atoms with Crippen molar-refractivity contribution in [2.45, 2.75) is 37.5 Å². The van der Waals surface area contributed by atoms with Gasteiger partial charge in [-0.15, -0.1) is 11.3 Å². The molecule has 4 nitrogen and oxygen atoms in total. The van der Waals surface area contributed by atoms with E-state index in [9.17, 15) is 14.9 Å². The number of benzene rings is 2. The molecule has 0 spiro atoms. The van der Waals surface area contributed by atoms with Crippen LogP contribution in [0.5, 0.6) is 0 Å². The molecule has 8 rings (SSSR count). The van der Waals surface area contributed by atoms with Gasteiger partial charge in [0.2, 0.25) is 11.8 Å². The van der Waals surface area contributed by atoms with Gasteiger partial charge in [0.05, 0.1) is 17.4 Å². The number of anilines is 1. The van der Waals surface area contributed by atoms with Crippen molar-refractivity contribution in [1.29, 1.82) is 5.26 Å². The molecule has 1 aromatic heterocycles. The molecular formula is C27H20N2O2S. The van der Waals surface area contributed by atoms with Crippen molar-refractivity contribution < 1.29 is 9.59 Å². The van der Waals surface area contributed by atoms with Gasteiger partial charge in [0.25, 0.3) is 0 Å². The second-order valence-electron chi connectivity index (χ2n) is 9.28. The first kappa shape index (κ1) is 18.4. The minimum absolute atomic E-state index is 0.112. The molecule has 4 aliphatic carbocycles. The molecule has 5 aliphatic rings. The van der Waals surface area contributed by atoms with Crippen LogP contribution in [0.1, 0.15) is 62.9 Å². The molecule has 1 fully saturated rings. The summed E-state index contributed by atoms with van der Waals surface area (Å²) >= 11 is 1.49. The lowest BCUT2D eigenvalue weighted by Crippen LogP contribution is -2.41. The summed E-state index contributed by atoms with van der Waals surface area (Å²) in [6.45, 7) is 0. The maximum Gasteiger partial charge on any atom is 0.239 e. The van der Waals surface area contributed by atoms with Crippen molar-refractivity contribution >= 4 is 28.2 Å². The number of fused-ring (bicyclic) bond motifs is 1. The van der Waals surface area contributed by atoms with Gasteiger partial charge in [-0.1, -0.05) is 48.5 Å². The summed E-state index contributed by atoms with van der Waals surface area (Å²) in [7, 11) is 0. The van der Waals surface area contributed by atoms with Gasteiger partial charge in [-0.05, 0) is 53.5 Å². The van der Waals surface area contributed by atoms with Gasteiger partial charge in [-0.2, -0.15) is 5.26 Å². The Labute approximate surface area is 190 Å². The Morgan fingerprint density at radius 3 is 1.81 bits per heavy atom. The molecule has 1 saturated heterocycles. The number of nitrogens with zero attached hydrogens (tertiary/aromatic N) is 2. The first-order chi connectivity index (χ1) is 15.7. The smallest absolute Gasteiger partial charge is 0.239 e. The van der Waals surface area contributed by atoms with Crippen LogP contribution in [-0.4, -0.2) is 11.8 Å². The minimum Gasteiger partial charge on any atom is -0.274 e. The lowest BCUT2D eigenvalue weighted by molar-refractivity contribution is -0.122. The van der Waals surface area contributed by atoms with E-state index < -0.39 is 11.8 Å². The van der Waals surface area contributed by atoms with Crippen molar-refractivity contribution in [2.75, 3.05) is 4.90 Å². The maximum absolute atomic E-state index is 13.9. The topological polar surface area (TPSA) is 61.2 Å². The molecule has 32 heavy (non-hydrogen) atoms. The third-order valence-electron chi connectivity index (χ3n) is 7.92. The molecule has 2 bridgehead atoms. The number of carbonyl (C=O) groups is 2. The van der Waals surface area contributed by atoms with Crippen molar-refractivity contribution in [3.63, 3.8) is 0 Å². The first-order valence-electron chi connectivity index (χ1n) is 11.3. The fourth-order valence-corrected chi connectivity index (χ4v) is 8.05. The van der Waals surface area contributed by atoms with Crippen molar-refractivity contribution in [3.8, 4) is 6.07 Å². The highest BCUT2D eigenvalue weighted by atomic mass is 32.1. The molecule has 0 N–H and O–H groups in total. The monoisotopic (exact) mass is 436 g/mol. The van der Waals surface area contributed by atoms with Gasteiger partial charge in [0.15, 0.2) is 0 Å². The SMILES string of the molecule is N#Cc1c(N2C(=O)[C@@H]3C4c5ccccc5C(c5ccccc54)[C@@H]3C2=O)sc2c1CCCC2. The van der Waals surface area contributed by atoms with Gasteiger partial charge >= 0.3 is 0 Å². The summed E-state index contributed by atoms with van der Waals surface area (Å²) in [6, 6.07) is 18.9. The van der Waals surface area contributed by atoms with E-state index in [1.807, 2.05) is 24.3 Å². The van der Waals surface area contributed by atoms with Gasteiger partial charge in [0.1, 0.15) is 11.1 Å². The zero-order valence-corrected chi connectivity index (χ0v) is 18.2. The molecule has 0 radical (unpaired) electrons. The molecule has 1 aliphatic heterocycles. The minimum atomic E-state index is -0.400. The number of rotatable bonds is 1. The van der Waals surface area contributed by atoms with Crippen LogP contribution in [0, 0.1) is 23.2 Å². The van der Waals surface area contributed by atoms with E-state index >= 15 is 0 Å². The van der Waals surface area contributed by atoms with Crippen LogP contribution >= 0.6 is 11.3 Å². The molecule has 3 aromatic rings. The number of carbonyl (C=O) groups excluding carboxylic acids is 2. The van der Waals surface area contributed by atoms with Crippen LogP contribution in [0.4, 0.5) is 5.00 Å². The highest BCUT2D eigenvalue weighted by molar-refractivity contribution is 7.17. The standard InChI is InChI=1S/C27H20N2O2S/c28-13-19-14-7-5-6-12-20(14)32-27(19)29-25(30)23-21-15-8-1-2-9-16(15)22(24(23)26(29)31)18-11-4-3-10-17(18)21/h1-4,8-11,21-24H,5-7,12H2/t21?,22?,23-,24+. The normalized spacial score (nSPS) is 26.9. The number of hydrogen-bond acceptors (Lipinski definition) is 4. The second kappa shape index (κ2) is 6.40. The number of thiophene rings is 1. The van der Waals surface area contributed by atoms with Crippen LogP contribution in [-0.2, 0) is 22.4 Å². The summed E-state index contributed by atoms with van der Waals surface area (Å²) in [5, 5.41) is 10.5. The molecule has 5 heteroatoms. The van der Waals surface area contributed by atoms with Crippen LogP contribution in [0.2, 0.25) is 0 Å². The fraction of sp³-hybridized carbons (Fsp3) is 0.296. The van der Waals surface area contributed by atoms with E-state index in [2.05, 4.69) is 30.3 Å². The number of imide groups is 1. The van der Waals surface area contributed by atoms with Crippen molar-refractivity contribution in [2.24, 2.45) is 11.8 Å². The Bertz CT molecular complexity index is 1270. The third kappa shape index (κ3) is 2.11. The molecule has 2 atom stereocenters. The van der Waals surface area contributed by atoms with Crippen molar-refractivity contribution in [3.05, 3.63) is 86.8 Å². The summed E-state index contributed by atoms with van der Waals surface area (Å²) in [5.74, 6) is -1.29. The van der Waals surface area contributed by atoms with E-state index in [0.717, 1.165) is 31.2 Å². The lowest BCUT2D eigenvalue weighted by atomic mass is 9.55. The number of amides is 2. The summed E-state index contributed by atoms with van der Waals surface area (Å²) in [4.78, 5) is 30.5. The van der Waals surface area contributed by atoms with E-state index in [-0.39, 0.29) is 23.7 Å². The van der Waals surface area contributed by atoms with Crippen LogP contribution in [0.3, 0.4) is 0 Å². The van der Waals surface area contributed by atoms with Gasteiger partial charge < -0.3 is 0 Å². The maximum atomic E-state index is 13.9. The molecule has 156 valence electrons. The molecule has 2 amide bonds.